The van der Waals surface area contributed by atoms with Crippen LogP contribution in [0.25, 0.3) is 0 Å². The summed E-state index contributed by atoms with van der Waals surface area (Å²) in [4.78, 5) is 26.3. The minimum atomic E-state index is -0.743. The van der Waals surface area contributed by atoms with Gasteiger partial charge in [0.1, 0.15) is 0 Å². The molecule has 0 aliphatic carbocycles. The molecule has 1 amide bonds. The summed E-state index contributed by atoms with van der Waals surface area (Å²) < 4.78 is 5.50. The Hall–Kier alpha value is -1.88. The fraction of sp³-hybridized carbons (Fsp3) is 0.579. The van der Waals surface area contributed by atoms with Crippen LogP contribution in [0.4, 0.5) is 0 Å². The SMILES string of the molecule is O=C(O)C1CCN(C(=O)C2(Cc3ccccc3)CCOCC2)CC1. The van der Waals surface area contributed by atoms with E-state index in [4.69, 9.17) is 9.84 Å². The Balaban J connectivity index is 1.74. The van der Waals surface area contributed by atoms with Gasteiger partial charge in [-0.25, -0.2) is 0 Å². The number of carboxylic acid groups (broad SMARTS) is 1. The zero-order valence-electron chi connectivity index (χ0n) is 13.9. The van der Waals surface area contributed by atoms with Crippen molar-refractivity contribution in [3.05, 3.63) is 35.9 Å². The zero-order valence-corrected chi connectivity index (χ0v) is 13.9. The Morgan fingerprint density at radius 3 is 2.33 bits per heavy atom. The van der Waals surface area contributed by atoms with Crippen molar-refractivity contribution in [3.8, 4) is 0 Å². The van der Waals surface area contributed by atoms with E-state index in [0.29, 0.717) is 39.1 Å². The number of aliphatic carboxylic acids is 1. The van der Waals surface area contributed by atoms with Crippen molar-refractivity contribution in [2.24, 2.45) is 11.3 Å². The first-order valence-corrected chi connectivity index (χ1v) is 8.75. The Labute approximate surface area is 142 Å². The van der Waals surface area contributed by atoms with Gasteiger partial charge in [-0.15, -0.1) is 0 Å². The molecule has 1 aromatic rings. The molecule has 0 radical (unpaired) electrons. The number of hydrogen-bond acceptors (Lipinski definition) is 3. The van der Waals surface area contributed by atoms with Crippen molar-refractivity contribution in [1.82, 2.24) is 4.90 Å². The van der Waals surface area contributed by atoms with Crippen molar-refractivity contribution < 1.29 is 19.4 Å². The summed E-state index contributed by atoms with van der Waals surface area (Å²) in [7, 11) is 0. The second kappa shape index (κ2) is 7.34. The maximum Gasteiger partial charge on any atom is 0.306 e. The second-order valence-electron chi connectivity index (χ2n) is 6.96. The van der Waals surface area contributed by atoms with Crippen LogP contribution >= 0.6 is 0 Å². The number of benzene rings is 1. The van der Waals surface area contributed by atoms with Crippen molar-refractivity contribution in [2.45, 2.75) is 32.1 Å². The second-order valence-corrected chi connectivity index (χ2v) is 6.96. The number of piperidine rings is 1. The number of likely N-dealkylation sites (tertiary alicyclic amines) is 1. The number of ether oxygens (including phenoxy) is 1. The molecule has 5 nitrogen and oxygen atoms in total. The van der Waals surface area contributed by atoms with Crippen LogP contribution in [-0.4, -0.2) is 48.2 Å². The van der Waals surface area contributed by atoms with Gasteiger partial charge in [0.15, 0.2) is 0 Å². The molecule has 0 bridgehead atoms. The normalized spacial score (nSPS) is 21.4. The summed E-state index contributed by atoms with van der Waals surface area (Å²) in [5.74, 6) is -0.875. The van der Waals surface area contributed by atoms with Crippen molar-refractivity contribution in [3.63, 3.8) is 0 Å². The van der Waals surface area contributed by atoms with E-state index in [-0.39, 0.29) is 11.8 Å². The molecule has 0 aromatic heterocycles. The van der Waals surface area contributed by atoms with Crippen LogP contribution in [0, 0.1) is 11.3 Å². The van der Waals surface area contributed by atoms with Crippen LogP contribution in [0.2, 0.25) is 0 Å². The molecule has 2 fully saturated rings. The monoisotopic (exact) mass is 331 g/mol. The van der Waals surface area contributed by atoms with E-state index in [1.54, 1.807) is 0 Å². The number of nitrogens with zero attached hydrogens (tertiary/aromatic N) is 1. The number of carboxylic acids is 1. The van der Waals surface area contributed by atoms with Gasteiger partial charge in [-0.1, -0.05) is 30.3 Å². The molecule has 5 heteroatoms. The molecule has 130 valence electrons. The van der Waals surface area contributed by atoms with Gasteiger partial charge >= 0.3 is 5.97 Å². The lowest BCUT2D eigenvalue weighted by Crippen LogP contribution is -2.51. The minimum absolute atomic E-state index is 0.179. The summed E-state index contributed by atoms with van der Waals surface area (Å²) >= 11 is 0. The highest BCUT2D eigenvalue weighted by atomic mass is 16.5. The third-order valence-electron chi connectivity index (χ3n) is 5.42. The molecule has 2 saturated heterocycles. The first-order chi connectivity index (χ1) is 11.6. The van der Waals surface area contributed by atoms with Crippen LogP contribution in [0.1, 0.15) is 31.2 Å². The fourth-order valence-corrected chi connectivity index (χ4v) is 3.88. The largest absolute Gasteiger partial charge is 0.481 e. The van der Waals surface area contributed by atoms with Gasteiger partial charge in [0, 0.05) is 26.3 Å². The van der Waals surface area contributed by atoms with Gasteiger partial charge < -0.3 is 14.7 Å². The van der Waals surface area contributed by atoms with E-state index in [2.05, 4.69) is 12.1 Å². The van der Waals surface area contributed by atoms with Crippen LogP contribution in [0.3, 0.4) is 0 Å². The minimum Gasteiger partial charge on any atom is -0.481 e. The third kappa shape index (κ3) is 3.61. The van der Waals surface area contributed by atoms with E-state index in [0.717, 1.165) is 19.3 Å². The Morgan fingerprint density at radius 1 is 1.12 bits per heavy atom. The first-order valence-electron chi connectivity index (χ1n) is 8.75. The molecule has 2 aliphatic rings. The van der Waals surface area contributed by atoms with Crippen molar-refractivity contribution in [1.29, 1.82) is 0 Å². The Bertz CT molecular complexity index is 572. The summed E-state index contributed by atoms with van der Waals surface area (Å²) in [5.41, 5.74) is 0.767. The molecule has 0 atom stereocenters. The maximum absolute atomic E-state index is 13.3. The summed E-state index contributed by atoms with van der Waals surface area (Å²) in [6.45, 7) is 2.33. The molecule has 1 aromatic carbocycles. The van der Waals surface area contributed by atoms with E-state index in [1.807, 2.05) is 23.1 Å². The zero-order chi connectivity index (χ0) is 17.0. The molecular formula is C19H25NO4. The van der Waals surface area contributed by atoms with Gasteiger partial charge in [-0.05, 0) is 37.7 Å². The van der Waals surface area contributed by atoms with Gasteiger partial charge in [0.2, 0.25) is 5.91 Å². The molecular weight excluding hydrogens is 306 g/mol. The van der Waals surface area contributed by atoms with Gasteiger partial charge in [-0.2, -0.15) is 0 Å². The summed E-state index contributed by atoms with van der Waals surface area (Å²) in [6.07, 6.45) is 3.31. The summed E-state index contributed by atoms with van der Waals surface area (Å²) in [5, 5.41) is 9.14. The van der Waals surface area contributed by atoms with Gasteiger partial charge in [-0.3, -0.25) is 9.59 Å². The number of hydrogen-bond donors (Lipinski definition) is 1. The van der Waals surface area contributed by atoms with Gasteiger partial charge in [0.25, 0.3) is 0 Å². The number of carbonyl (C=O) groups excluding carboxylic acids is 1. The lowest BCUT2D eigenvalue weighted by atomic mass is 9.73. The predicted molar refractivity (Wildman–Crippen MR) is 89.6 cm³/mol. The number of amides is 1. The third-order valence-corrected chi connectivity index (χ3v) is 5.42. The highest BCUT2D eigenvalue weighted by Crippen LogP contribution is 2.37. The van der Waals surface area contributed by atoms with Crippen LogP contribution in [0.5, 0.6) is 0 Å². The lowest BCUT2D eigenvalue weighted by molar-refractivity contribution is -0.153. The van der Waals surface area contributed by atoms with E-state index in [1.165, 1.54) is 5.56 Å². The summed E-state index contributed by atoms with van der Waals surface area (Å²) in [6, 6.07) is 10.1. The maximum atomic E-state index is 13.3. The number of rotatable bonds is 4. The molecule has 24 heavy (non-hydrogen) atoms. The van der Waals surface area contributed by atoms with Crippen LogP contribution < -0.4 is 0 Å². The highest BCUT2D eigenvalue weighted by Gasteiger charge is 2.43. The highest BCUT2D eigenvalue weighted by molar-refractivity contribution is 5.83. The smallest absolute Gasteiger partial charge is 0.306 e. The van der Waals surface area contributed by atoms with Crippen molar-refractivity contribution >= 4 is 11.9 Å². The number of carbonyl (C=O) groups is 2. The average molecular weight is 331 g/mol. The molecule has 2 aliphatic heterocycles. The Morgan fingerprint density at radius 2 is 1.75 bits per heavy atom. The fourth-order valence-electron chi connectivity index (χ4n) is 3.88. The molecule has 1 N–H and O–H groups in total. The van der Waals surface area contributed by atoms with E-state index >= 15 is 0 Å². The quantitative estimate of drug-likeness (QED) is 0.920. The van der Waals surface area contributed by atoms with Crippen molar-refractivity contribution in [2.75, 3.05) is 26.3 Å². The topological polar surface area (TPSA) is 66.8 Å². The lowest BCUT2D eigenvalue weighted by Gasteiger charge is -2.41. The first kappa shape index (κ1) is 17.0. The molecule has 0 unspecified atom stereocenters. The van der Waals surface area contributed by atoms with Gasteiger partial charge in [0.05, 0.1) is 11.3 Å². The van der Waals surface area contributed by atoms with E-state index < -0.39 is 11.4 Å². The predicted octanol–water partition coefficient (Wildman–Crippen LogP) is 2.35. The Kier molecular flexibility index (Phi) is 5.19. The van der Waals surface area contributed by atoms with Crippen LogP contribution in [-0.2, 0) is 20.7 Å². The standard InChI is InChI=1S/C19H25NO4/c21-17(22)16-6-10-20(11-7-16)18(23)19(8-12-24-13-9-19)14-15-4-2-1-3-5-15/h1-5,16H,6-14H2,(H,21,22). The van der Waals surface area contributed by atoms with E-state index in [9.17, 15) is 9.59 Å². The molecule has 0 spiro atoms. The van der Waals surface area contributed by atoms with Crippen LogP contribution in [0.15, 0.2) is 30.3 Å². The molecule has 3 rings (SSSR count). The average Bonchev–Trinajstić information content (AvgIpc) is 2.63. The molecule has 0 saturated carbocycles. The molecule has 2 heterocycles.